The van der Waals surface area contributed by atoms with Crippen LogP contribution in [0.4, 0.5) is 10.1 Å². The summed E-state index contributed by atoms with van der Waals surface area (Å²) in [5.41, 5.74) is 1.13. The van der Waals surface area contributed by atoms with Crippen LogP contribution in [0.5, 0.6) is 0 Å². The number of nitrogens with zero attached hydrogens (tertiary/aromatic N) is 1. The topological polar surface area (TPSA) is 55.8 Å². The Morgan fingerprint density at radius 2 is 1.79 bits per heavy atom. The summed E-state index contributed by atoms with van der Waals surface area (Å²) in [5.74, 6) is -2.99. The molecular weight excluding hydrogens is 408 g/mol. The number of esters is 1. The summed E-state index contributed by atoms with van der Waals surface area (Å²) in [4.78, 5) is 26.2. The monoisotopic (exact) mass is 423 g/mol. The number of cyclic esters (lactones) is 1. The zero-order chi connectivity index (χ0) is 20.5. The van der Waals surface area contributed by atoms with Crippen molar-refractivity contribution in [2.45, 2.75) is 26.2 Å². The number of ether oxygens (including phenoxy) is 2. The van der Waals surface area contributed by atoms with E-state index in [0.29, 0.717) is 16.3 Å². The van der Waals surface area contributed by atoms with Gasteiger partial charge in [0.15, 0.2) is 0 Å². The minimum Gasteiger partial charge on any atom is -0.445 e. The molecule has 1 aliphatic heterocycles. The lowest BCUT2D eigenvalue weighted by Gasteiger charge is -2.22. The van der Waals surface area contributed by atoms with E-state index in [9.17, 15) is 14.0 Å². The average Bonchev–Trinajstić information content (AvgIpc) is 2.88. The summed E-state index contributed by atoms with van der Waals surface area (Å²) < 4.78 is 23.6. The highest BCUT2D eigenvalue weighted by atomic mass is 35.5. The first-order valence-electron chi connectivity index (χ1n) is 8.30. The van der Waals surface area contributed by atoms with Crippen LogP contribution < -0.4 is 4.90 Å². The second-order valence-corrected chi connectivity index (χ2v) is 7.36. The molecule has 2 aromatic carbocycles. The molecule has 0 atom stereocenters. The maximum absolute atomic E-state index is 13.2. The highest BCUT2D eigenvalue weighted by Gasteiger charge is 2.38. The van der Waals surface area contributed by atoms with E-state index < -0.39 is 17.7 Å². The van der Waals surface area contributed by atoms with Crippen molar-refractivity contribution in [3.8, 4) is 0 Å². The number of hydrogen-bond donors (Lipinski definition) is 0. The number of benzene rings is 2. The second kappa shape index (κ2) is 7.81. The van der Waals surface area contributed by atoms with Gasteiger partial charge in [0.1, 0.15) is 5.82 Å². The molecule has 1 amide bonds. The molecule has 0 aliphatic carbocycles. The van der Waals surface area contributed by atoms with Gasteiger partial charge in [-0.15, -0.1) is 0 Å². The molecule has 0 N–H and O–H groups in total. The van der Waals surface area contributed by atoms with Gasteiger partial charge in [0.25, 0.3) is 5.91 Å². The first kappa shape index (κ1) is 20.2. The molecule has 5 nitrogen and oxygen atoms in total. The Morgan fingerprint density at radius 1 is 1.11 bits per heavy atom. The number of halogens is 3. The predicted molar refractivity (Wildman–Crippen MR) is 103 cm³/mol. The molecule has 0 unspecified atom stereocenters. The van der Waals surface area contributed by atoms with Crippen molar-refractivity contribution >= 4 is 40.8 Å². The summed E-state index contributed by atoms with van der Waals surface area (Å²) in [7, 11) is 0. The lowest BCUT2D eigenvalue weighted by molar-refractivity contribution is -0.159. The highest BCUT2D eigenvalue weighted by molar-refractivity contribution is 6.42. The van der Waals surface area contributed by atoms with Gasteiger partial charge in [-0.05, 0) is 35.9 Å². The Labute approximate surface area is 171 Å². The summed E-state index contributed by atoms with van der Waals surface area (Å²) in [6.07, 6.45) is 1.06. The van der Waals surface area contributed by atoms with Crippen LogP contribution in [0.3, 0.4) is 0 Å². The molecule has 2 aromatic rings. The molecule has 0 bridgehead atoms. The Morgan fingerprint density at radius 3 is 2.36 bits per heavy atom. The fourth-order valence-corrected chi connectivity index (χ4v) is 2.89. The predicted octanol–water partition coefficient (Wildman–Crippen LogP) is 4.86. The Kier molecular flexibility index (Phi) is 5.63. The van der Waals surface area contributed by atoms with Gasteiger partial charge in [-0.1, -0.05) is 35.3 Å². The van der Waals surface area contributed by atoms with Crippen LogP contribution in [0.1, 0.15) is 19.4 Å². The summed E-state index contributed by atoms with van der Waals surface area (Å²) in [5, 5.41) is 0.601. The van der Waals surface area contributed by atoms with Gasteiger partial charge in [0.2, 0.25) is 11.5 Å². The van der Waals surface area contributed by atoms with E-state index in [1.165, 1.54) is 23.1 Å². The van der Waals surface area contributed by atoms with E-state index in [-0.39, 0.29) is 23.1 Å². The number of carbonyl (C=O) groups is 2. The third-order valence-electron chi connectivity index (χ3n) is 3.88. The van der Waals surface area contributed by atoms with E-state index in [4.69, 9.17) is 32.7 Å². The molecule has 0 spiro atoms. The van der Waals surface area contributed by atoms with Crippen LogP contribution in [-0.4, -0.2) is 17.7 Å². The van der Waals surface area contributed by atoms with Crippen LogP contribution in [0.15, 0.2) is 54.3 Å². The lowest BCUT2D eigenvalue weighted by Crippen LogP contribution is -2.29. The zero-order valence-electron chi connectivity index (χ0n) is 15.0. The highest BCUT2D eigenvalue weighted by Crippen LogP contribution is 2.30. The van der Waals surface area contributed by atoms with Crippen molar-refractivity contribution in [3.63, 3.8) is 0 Å². The number of rotatable bonds is 4. The molecule has 28 heavy (non-hydrogen) atoms. The number of carbonyl (C=O) groups excluding carboxylic acids is 2. The molecule has 1 heterocycles. The van der Waals surface area contributed by atoms with E-state index in [2.05, 4.69) is 0 Å². The molecule has 1 aliphatic rings. The maximum atomic E-state index is 13.2. The van der Waals surface area contributed by atoms with E-state index >= 15 is 0 Å². The first-order chi connectivity index (χ1) is 13.1. The van der Waals surface area contributed by atoms with E-state index in [1.807, 2.05) is 0 Å². The number of amides is 1. The Bertz CT molecular complexity index is 957. The summed E-state index contributed by atoms with van der Waals surface area (Å²) >= 11 is 12.0. The van der Waals surface area contributed by atoms with Crippen molar-refractivity contribution < 1.29 is 23.5 Å². The van der Waals surface area contributed by atoms with Crippen LogP contribution in [-0.2, 0) is 25.6 Å². The molecule has 1 saturated heterocycles. The Hall–Kier alpha value is -2.57. The van der Waals surface area contributed by atoms with Crippen molar-refractivity contribution in [2.24, 2.45) is 0 Å². The fourth-order valence-electron chi connectivity index (χ4n) is 2.60. The van der Waals surface area contributed by atoms with Gasteiger partial charge in [0.05, 0.1) is 22.7 Å². The SMILES string of the molecule is CC1(C)OC(=O)/C(=C/C(=O)N(Cc2ccc(F)cc2)c2ccc(Cl)c(Cl)c2)O1. The minimum absolute atomic E-state index is 0.110. The quantitative estimate of drug-likeness (QED) is 0.520. The summed E-state index contributed by atoms with van der Waals surface area (Å²) in [6, 6.07) is 10.4. The number of hydrogen-bond acceptors (Lipinski definition) is 4. The second-order valence-electron chi connectivity index (χ2n) is 6.55. The van der Waals surface area contributed by atoms with Crippen LogP contribution in [0, 0.1) is 5.82 Å². The lowest BCUT2D eigenvalue weighted by atomic mass is 10.2. The summed E-state index contributed by atoms with van der Waals surface area (Å²) in [6.45, 7) is 3.23. The minimum atomic E-state index is -1.14. The molecule has 0 aromatic heterocycles. The molecule has 0 radical (unpaired) electrons. The van der Waals surface area contributed by atoms with Crippen molar-refractivity contribution in [1.29, 1.82) is 0 Å². The zero-order valence-corrected chi connectivity index (χ0v) is 16.6. The maximum Gasteiger partial charge on any atom is 0.377 e. The van der Waals surface area contributed by atoms with Gasteiger partial charge in [-0.2, -0.15) is 0 Å². The van der Waals surface area contributed by atoms with Gasteiger partial charge in [-0.3, -0.25) is 4.79 Å². The van der Waals surface area contributed by atoms with Crippen molar-refractivity contribution in [1.82, 2.24) is 0 Å². The number of anilines is 1. The third-order valence-corrected chi connectivity index (χ3v) is 4.62. The van der Waals surface area contributed by atoms with Gasteiger partial charge in [-0.25, -0.2) is 9.18 Å². The van der Waals surface area contributed by atoms with Crippen molar-refractivity contribution in [3.05, 3.63) is 75.7 Å². The van der Waals surface area contributed by atoms with Crippen LogP contribution in [0.25, 0.3) is 0 Å². The van der Waals surface area contributed by atoms with Gasteiger partial charge in [0, 0.05) is 19.5 Å². The van der Waals surface area contributed by atoms with Gasteiger partial charge < -0.3 is 14.4 Å². The van der Waals surface area contributed by atoms with E-state index in [0.717, 1.165) is 6.08 Å². The van der Waals surface area contributed by atoms with Crippen LogP contribution in [0.2, 0.25) is 10.0 Å². The fraction of sp³-hybridized carbons (Fsp3) is 0.200. The third kappa shape index (κ3) is 4.64. The molecule has 0 saturated carbocycles. The van der Waals surface area contributed by atoms with Crippen LogP contribution >= 0.6 is 23.2 Å². The molecule has 1 fully saturated rings. The Balaban J connectivity index is 1.95. The normalized spacial score (nSPS) is 16.6. The molecule has 146 valence electrons. The van der Waals surface area contributed by atoms with Crippen molar-refractivity contribution in [2.75, 3.05) is 4.90 Å². The standard InChI is InChI=1S/C20H16Cl2FNO4/c1-20(2)27-17(19(26)28-20)10-18(25)24(11-12-3-5-13(23)6-4-12)14-7-8-15(21)16(22)9-14/h3-10H,11H2,1-2H3/b17-10-. The molecule has 8 heteroatoms. The first-order valence-corrected chi connectivity index (χ1v) is 9.05. The van der Waals surface area contributed by atoms with Gasteiger partial charge >= 0.3 is 5.97 Å². The largest absolute Gasteiger partial charge is 0.445 e. The molecular formula is C20H16Cl2FNO4. The molecule has 3 rings (SSSR count). The average molecular weight is 424 g/mol. The van der Waals surface area contributed by atoms with E-state index in [1.54, 1.807) is 38.1 Å². The smallest absolute Gasteiger partial charge is 0.377 e.